The van der Waals surface area contributed by atoms with E-state index in [9.17, 15) is 4.79 Å². The van der Waals surface area contributed by atoms with Gasteiger partial charge in [0.15, 0.2) is 0 Å². The first-order valence-electron chi connectivity index (χ1n) is 6.18. The number of carbonyl (C=O) groups is 1. The molecule has 1 saturated heterocycles. The number of benzene rings is 1. The van der Waals surface area contributed by atoms with Crippen LogP contribution in [0.1, 0.15) is 29.8 Å². The monoisotopic (exact) mass is 232 g/mol. The van der Waals surface area contributed by atoms with Crippen LogP contribution in [0.3, 0.4) is 0 Å². The lowest BCUT2D eigenvalue weighted by Gasteiger charge is -2.36. The van der Waals surface area contributed by atoms with E-state index in [1.807, 2.05) is 36.1 Å². The van der Waals surface area contributed by atoms with Crippen molar-refractivity contribution in [2.24, 2.45) is 0 Å². The average molecular weight is 232 g/mol. The Kier molecular flexibility index (Phi) is 3.48. The van der Waals surface area contributed by atoms with E-state index in [1.54, 1.807) is 0 Å². The maximum absolute atomic E-state index is 12.3. The molecule has 1 aromatic carbocycles. The van der Waals surface area contributed by atoms with Crippen LogP contribution in [0.25, 0.3) is 0 Å². The Hall–Kier alpha value is -1.35. The zero-order valence-electron chi connectivity index (χ0n) is 10.7. The van der Waals surface area contributed by atoms with Crippen LogP contribution >= 0.6 is 0 Å². The molecular weight excluding hydrogens is 212 g/mol. The highest BCUT2D eigenvalue weighted by molar-refractivity contribution is 5.94. The quantitative estimate of drug-likeness (QED) is 0.801. The minimum atomic E-state index is 0.144. The summed E-state index contributed by atoms with van der Waals surface area (Å²) in [6.07, 6.45) is 0. The third-order valence-electron chi connectivity index (χ3n) is 3.14. The van der Waals surface area contributed by atoms with Gasteiger partial charge in [-0.1, -0.05) is 17.7 Å². The highest BCUT2D eigenvalue weighted by Crippen LogP contribution is 2.11. The molecule has 3 nitrogen and oxygen atoms in total. The Balaban J connectivity index is 2.11. The lowest BCUT2D eigenvalue weighted by atomic mass is 10.1. The van der Waals surface area contributed by atoms with Gasteiger partial charge in [0.2, 0.25) is 0 Å². The van der Waals surface area contributed by atoms with E-state index in [1.165, 1.54) is 5.56 Å². The van der Waals surface area contributed by atoms with Gasteiger partial charge in [-0.15, -0.1) is 0 Å². The van der Waals surface area contributed by atoms with Crippen molar-refractivity contribution in [1.82, 2.24) is 10.2 Å². The first-order valence-corrected chi connectivity index (χ1v) is 6.18. The van der Waals surface area contributed by atoms with Crippen molar-refractivity contribution in [3.63, 3.8) is 0 Å². The first kappa shape index (κ1) is 12.1. The summed E-state index contributed by atoms with van der Waals surface area (Å²) in [4.78, 5) is 14.2. The average Bonchev–Trinajstić information content (AvgIpc) is 2.28. The zero-order chi connectivity index (χ0) is 12.4. The number of piperazine rings is 1. The van der Waals surface area contributed by atoms with E-state index >= 15 is 0 Å². The summed E-state index contributed by atoms with van der Waals surface area (Å²) in [7, 11) is 0. The van der Waals surface area contributed by atoms with Crippen molar-refractivity contribution in [3.8, 4) is 0 Å². The minimum Gasteiger partial charge on any atom is -0.336 e. The van der Waals surface area contributed by atoms with Gasteiger partial charge in [-0.25, -0.2) is 0 Å². The Morgan fingerprint density at radius 3 is 2.24 bits per heavy atom. The predicted octanol–water partition coefficient (Wildman–Crippen LogP) is 1.82. The zero-order valence-corrected chi connectivity index (χ0v) is 10.7. The van der Waals surface area contributed by atoms with Gasteiger partial charge in [0.25, 0.3) is 5.91 Å². The van der Waals surface area contributed by atoms with Gasteiger partial charge in [-0.2, -0.15) is 0 Å². The fourth-order valence-electron chi connectivity index (χ4n) is 2.37. The maximum atomic E-state index is 12.3. The van der Waals surface area contributed by atoms with Gasteiger partial charge in [-0.05, 0) is 32.9 Å². The molecule has 0 aliphatic carbocycles. The third-order valence-corrected chi connectivity index (χ3v) is 3.14. The van der Waals surface area contributed by atoms with Gasteiger partial charge in [0.1, 0.15) is 0 Å². The van der Waals surface area contributed by atoms with E-state index in [2.05, 4.69) is 19.2 Å². The first-order chi connectivity index (χ1) is 8.06. The summed E-state index contributed by atoms with van der Waals surface area (Å²) < 4.78 is 0. The van der Waals surface area contributed by atoms with Crippen molar-refractivity contribution >= 4 is 5.91 Å². The molecule has 0 aromatic heterocycles. The standard InChI is InChI=1S/C14H20N2O/c1-10-4-6-13(7-5-10)14(17)16-8-11(2)15-12(3)9-16/h4-7,11-12,15H,8-9H2,1-3H3/t11-,12+. The number of amides is 1. The topological polar surface area (TPSA) is 32.3 Å². The second kappa shape index (κ2) is 4.88. The van der Waals surface area contributed by atoms with Crippen LogP contribution in [-0.4, -0.2) is 36.0 Å². The molecule has 92 valence electrons. The predicted molar refractivity (Wildman–Crippen MR) is 69.1 cm³/mol. The highest BCUT2D eigenvalue weighted by atomic mass is 16.2. The summed E-state index contributed by atoms with van der Waals surface area (Å²) in [6, 6.07) is 8.54. The number of hydrogen-bond donors (Lipinski definition) is 1. The molecule has 1 aromatic rings. The lowest BCUT2D eigenvalue weighted by Crippen LogP contribution is -2.55. The van der Waals surface area contributed by atoms with Gasteiger partial charge in [0, 0.05) is 30.7 Å². The van der Waals surface area contributed by atoms with Crippen molar-refractivity contribution in [1.29, 1.82) is 0 Å². The molecule has 17 heavy (non-hydrogen) atoms. The van der Waals surface area contributed by atoms with Crippen LogP contribution in [0, 0.1) is 6.92 Å². The SMILES string of the molecule is Cc1ccc(C(=O)N2C[C@@H](C)N[C@@H](C)C2)cc1. The molecule has 1 aliphatic rings. The molecule has 1 heterocycles. The van der Waals surface area contributed by atoms with Crippen LogP contribution < -0.4 is 5.32 Å². The largest absolute Gasteiger partial charge is 0.336 e. The molecule has 1 aliphatic heterocycles. The number of carbonyl (C=O) groups excluding carboxylic acids is 1. The molecule has 1 amide bonds. The summed E-state index contributed by atoms with van der Waals surface area (Å²) in [5.74, 6) is 0.144. The van der Waals surface area contributed by atoms with Crippen LogP contribution in [0.15, 0.2) is 24.3 Å². The second-order valence-electron chi connectivity index (χ2n) is 5.04. The van der Waals surface area contributed by atoms with Crippen LogP contribution in [0.5, 0.6) is 0 Å². The van der Waals surface area contributed by atoms with Crippen molar-refractivity contribution in [2.45, 2.75) is 32.9 Å². The number of hydrogen-bond acceptors (Lipinski definition) is 2. The Morgan fingerprint density at radius 2 is 1.71 bits per heavy atom. The van der Waals surface area contributed by atoms with Gasteiger partial charge >= 0.3 is 0 Å². The molecule has 2 rings (SSSR count). The smallest absolute Gasteiger partial charge is 0.253 e. The molecule has 0 bridgehead atoms. The fourth-order valence-corrected chi connectivity index (χ4v) is 2.37. The number of aryl methyl sites for hydroxylation is 1. The molecule has 0 spiro atoms. The normalized spacial score (nSPS) is 24.8. The number of nitrogens with one attached hydrogen (secondary N) is 1. The molecular formula is C14H20N2O. The van der Waals surface area contributed by atoms with E-state index in [4.69, 9.17) is 0 Å². The molecule has 1 N–H and O–H groups in total. The molecule has 1 fully saturated rings. The van der Waals surface area contributed by atoms with Crippen molar-refractivity contribution < 1.29 is 4.79 Å². The van der Waals surface area contributed by atoms with E-state index < -0.39 is 0 Å². The summed E-state index contributed by atoms with van der Waals surface area (Å²) in [5, 5.41) is 3.43. The van der Waals surface area contributed by atoms with Crippen LogP contribution in [0.2, 0.25) is 0 Å². The van der Waals surface area contributed by atoms with E-state index in [-0.39, 0.29) is 5.91 Å². The maximum Gasteiger partial charge on any atom is 0.253 e. The fraction of sp³-hybridized carbons (Fsp3) is 0.500. The molecule has 0 radical (unpaired) electrons. The van der Waals surface area contributed by atoms with E-state index in [0.717, 1.165) is 18.7 Å². The second-order valence-corrected chi connectivity index (χ2v) is 5.04. The molecule has 3 heteroatoms. The molecule has 0 saturated carbocycles. The number of nitrogens with zero attached hydrogens (tertiary/aromatic N) is 1. The van der Waals surface area contributed by atoms with Gasteiger partial charge < -0.3 is 10.2 Å². The molecule has 2 atom stereocenters. The van der Waals surface area contributed by atoms with Crippen LogP contribution in [0.4, 0.5) is 0 Å². The minimum absolute atomic E-state index is 0.144. The lowest BCUT2D eigenvalue weighted by molar-refractivity contribution is 0.0674. The van der Waals surface area contributed by atoms with Gasteiger partial charge in [-0.3, -0.25) is 4.79 Å². The molecule has 0 unspecified atom stereocenters. The van der Waals surface area contributed by atoms with E-state index in [0.29, 0.717) is 12.1 Å². The summed E-state index contributed by atoms with van der Waals surface area (Å²) >= 11 is 0. The summed E-state index contributed by atoms with van der Waals surface area (Å²) in [6.45, 7) is 7.84. The summed E-state index contributed by atoms with van der Waals surface area (Å²) in [5.41, 5.74) is 1.97. The van der Waals surface area contributed by atoms with Crippen molar-refractivity contribution in [2.75, 3.05) is 13.1 Å². The Labute approximate surface area is 103 Å². The number of rotatable bonds is 1. The Bertz CT molecular complexity index is 389. The highest BCUT2D eigenvalue weighted by Gasteiger charge is 2.25. The Morgan fingerprint density at radius 1 is 1.18 bits per heavy atom. The third kappa shape index (κ3) is 2.86. The van der Waals surface area contributed by atoms with Crippen LogP contribution in [-0.2, 0) is 0 Å². The van der Waals surface area contributed by atoms with Gasteiger partial charge in [0.05, 0.1) is 0 Å². The van der Waals surface area contributed by atoms with Crippen molar-refractivity contribution in [3.05, 3.63) is 35.4 Å².